The molecule has 0 spiro atoms. The zero-order valence-electron chi connectivity index (χ0n) is 6.48. The lowest BCUT2D eigenvalue weighted by atomic mass is 10.2. The van der Waals surface area contributed by atoms with Crippen LogP contribution in [0.25, 0.3) is 10.1 Å². The highest BCUT2D eigenvalue weighted by Gasteiger charge is 2.05. The summed E-state index contributed by atoms with van der Waals surface area (Å²) < 4.78 is 3.76. The second-order valence-electron chi connectivity index (χ2n) is 2.68. The van der Waals surface area contributed by atoms with E-state index < -0.39 is 0 Å². The highest BCUT2D eigenvalue weighted by atomic mass is 127. The van der Waals surface area contributed by atoms with Crippen molar-refractivity contribution in [3.8, 4) is 0 Å². The van der Waals surface area contributed by atoms with Crippen molar-refractivity contribution in [3.05, 3.63) is 31.1 Å². The molecule has 0 atom stereocenters. The average Bonchev–Trinajstić information content (AvgIpc) is 2.46. The van der Waals surface area contributed by atoms with E-state index in [1.54, 1.807) is 11.3 Å². The summed E-state index contributed by atoms with van der Waals surface area (Å²) in [5.41, 5.74) is 1.16. The van der Waals surface area contributed by atoms with Gasteiger partial charge in [0.25, 0.3) is 0 Å². The van der Waals surface area contributed by atoms with Gasteiger partial charge < -0.3 is 0 Å². The molecule has 0 saturated heterocycles. The van der Waals surface area contributed by atoms with Gasteiger partial charge in [0.15, 0.2) is 0 Å². The van der Waals surface area contributed by atoms with E-state index in [-0.39, 0.29) is 0 Å². The monoisotopic (exact) mass is 386 g/mol. The van der Waals surface area contributed by atoms with Crippen molar-refractivity contribution in [2.75, 3.05) is 0 Å². The van der Waals surface area contributed by atoms with Crippen LogP contribution in [0, 0.1) is 2.88 Å². The van der Waals surface area contributed by atoms with Crippen LogP contribution < -0.4 is 0 Å². The molecule has 0 bridgehead atoms. The van der Waals surface area contributed by atoms with Gasteiger partial charge in [0.05, 0.1) is 2.88 Å². The molecular weight excluding hydrogens is 382 g/mol. The topological polar surface area (TPSA) is 0 Å². The lowest BCUT2D eigenvalue weighted by molar-refractivity contribution is 1.42. The Hall–Kier alpha value is 0.680. The van der Waals surface area contributed by atoms with Gasteiger partial charge in [0, 0.05) is 15.1 Å². The van der Waals surface area contributed by atoms with Gasteiger partial charge in [-0.05, 0) is 67.7 Å². The maximum absolute atomic E-state index is 5.79. The molecule has 0 aliphatic carbocycles. The maximum atomic E-state index is 5.79. The molecule has 0 unspecified atom stereocenters. The Kier molecular flexibility index (Phi) is 3.18. The molecule has 0 fully saturated rings. The zero-order chi connectivity index (χ0) is 9.42. The van der Waals surface area contributed by atoms with Gasteiger partial charge in [-0.3, -0.25) is 0 Å². The predicted molar refractivity (Wildman–Crippen MR) is 71.8 cm³/mol. The third-order valence-electron chi connectivity index (χ3n) is 1.75. The minimum Gasteiger partial charge on any atom is -0.128 e. The van der Waals surface area contributed by atoms with Gasteiger partial charge in [-0.15, -0.1) is 22.9 Å². The molecule has 0 saturated carbocycles. The molecule has 1 aromatic carbocycles. The lowest BCUT2D eigenvalue weighted by Crippen LogP contribution is -1.76. The van der Waals surface area contributed by atoms with Crippen molar-refractivity contribution in [2.24, 2.45) is 0 Å². The van der Waals surface area contributed by atoms with E-state index in [0.29, 0.717) is 5.88 Å². The van der Waals surface area contributed by atoms with Gasteiger partial charge in [-0.25, -0.2) is 0 Å². The molecule has 0 amide bonds. The molecule has 68 valence electrons. The molecule has 0 nitrogen and oxygen atoms in total. The van der Waals surface area contributed by atoms with Crippen LogP contribution in [-0.2, 0) is 5.88 Å². The first kappa shape index (κ1) is 10.2. The van der Waals surface area contributed by atoms with Crippen molar-refractivity contribution in [2.45, 2.75) is 5.88 Å². The van der Waals surface area contributed by atoms with Crippen LogP contribution in [0.1, 0.15) is 5.56 Å². The number of hydrogen-bond acceptors (Lipinski definition) is 1. The SMILES string of the molecule is ClCc1cc(Br)c2sc(I)cc2c1. The summed E-state index contributed by atoms with van der Waals surface area (Å²) in [6.45, 7) is 0. The summed E-state index contributed by atoms with van der Waals surface area (Å²) >= 11 is 13.5. The molecule has 0 aliphatic rings. The van der Waals surface area contributed by atoms with Gasteiger partial charge >= 0.3 is 0 Å². The van der Waals surface area contributed by atoms with Crippen molar-refractivity contribution >= 4 is 71.5 Å². The maximum Gasteiger partial charge on any atom is 0.0666 e. The summed E-state index contributed by atoms with van der Waals surface area (Å²) in [6.07, 6.45) is 0. The Labute approximate surface area is 108 Å². The molecule has 4 heteroatoms. The standard InChI is InChI=1S/C9H5BrClIS/c10-7-2-5(4-11)1-6-3-8(12)13-9(6)7/h1-3H,4H2. The molecule has 0 aliphatic heterocycles. The Bertz CT molecular complexity index is 452. The van der Waals surface area contributed by atoms with Gasteiger partial charge in [-0.2, -0.15) is 0 Å². The highest BCUT2D eigenvalue weighted by molar-refractivity contribution is 14.1. The second-order valence-corrected chi connectivity index (χ2v) is 6.75. The van der Waals surface area contributed by atoms with E-state index in [0.717, 1.165) is 10.0 Å². The molecule has 1 heterocycles. The molecule has 2 rings (SSSR count). The van der Waals surface area contributed by atoms with Crippen LogP contribution in [0.2, 0.25) is 0 Å². The fourth-order valence-corrected chi connectivity index (χ4v) is 3.90. The number of hydrogen-bond donors (Lipinski definition) is 0. The summed E-state index contributed by atoms with van der Waals surface area (Å²) in [5.74, 6) is 0.570. The van der Waals surface area contributed by atoms with Crippen molar-refractivity contribution in [1.29, 1.82) is 0 Å². The smallest absolute Gasteiger partial charge is 0.0666 e. The van der Waals surface area contributed by atoms with Crippen LogP contribution in [0.4, 0.5) is 0 Å². The summed E-state index contributed by atoms with van der Waals surface area (Å²) in [5, 5.41) is 1.28. The average molecular weight is 387 g/mol. The highest BCUT2D eigenvalue weighted by Crippen LogP contribution is 2.34. The first-order chi connectivity index (χ1) is 6.20. The van der Waals surface area contributed by atoms with Gasteiger partial charge in [-0.1, -0.05) is 0 Å². The van der Waals surface area contributed by atoms with Crippen LogP contribution in [-0.4, -0.2) is 0 Å². The Morgan fingerprint density at radius 1 is 1.38 bits per heavy atom. The van der Waals surface area contributed by atoms with E-state index in [4.69, 9.17) is 11.6 Å². The molecule has 1 aromatic heterocycles. The van der Waals surface area contributed by atoms with Gasteiger partial charge in [0.1, 0.15) is 0 Å². The Balaban J connectivity index is 2.75. The van der Waals surface area contributed by atoms with Crippen molar-refractivity contribution < 1.29 is 0 Å². The van der Waals surface area contributed by atoms with E-state index in [2.05, 4.69) is 56.7 Å². The third-order valence-corrected chi connectivity index (χ3v) is 4.90. The molecule has 0 N–H and O–H groups in total. The minimum atomic E-state index is 0.570. The zero-order valence-corrected chi connectivity index (χ0v) is 11.8. The number of alkyl halides is 1. The molecular formula is C9H5BrClIS. The van der Waals surface area contributed by atoms with E-state index in [1.807, 2.05) is 0 Å². The lowest BCUT2D eigenvalue weighted by Gasteiger charge is -1.97. The normalized spacial score (nSPS) is 11.0. The summed E-state index contributed by atoms with van der Waals surface area (Å²) in [6, 6.07) is 6.41. The van der Waals surface area contributed by atoms with Crippen LogP contribution >= 0.6 is 61.5 Å². The number of thiophene rings is 1. The predicted octanol–water partition coefficient (Wildman–Crippen LogP) is 5.01. The second kappa shape index (κ2) is 4.04. The van der Waals surface area contributed by atoms with Crippen LogP contribution in [0.5, 0.6) is 0 Å². The van der Waals surface area contributed by atoms with Crippen molar-refractivity contribution in [1.82, 2.24) is 0 Å². The Morgan fingerprint density at radius 3 is 2.85 bits per heavy atom. The minimum absolute atomic E-state index is 0.570. The number of benzene rings is 1. The third kappa shape index (κ3) is 2.03. The summed E-state index contributed by atoms with van der Waals surface area (Å²) in [4.78, 5) is 0. The largest absolute Gasteiger partial charge is 0.128 e. The summed E-state index contributed by atoms with van der Waals surface area (Å²) in [7, 11) is 0. The quantitative estimate of drug-likeness (QED) is 0.477. The number of rotatable bonds is 1. The first-order valence-corrected chi connectivity index (χ1v) is 6.86. The number of halogens is 3. The number of fused-ring (bicyclic) bond motifs is 1. The molecule has 0 radical (unpaired) electrons. The van der Waals surface area contributed by atoms with E-state index in [1.165, 1.54) is 13.0 Å². The molecule has 2 aromatic rings. The van der Waals surface area contributed by atoms with Crippen LogP contribution in [0.15, 0.2) is 22.7 Å². The van der Waals surface area contributed by atoms with Crippen molar-refractivity contribution in [3.63, 3.8) is 0 Å². The fourth-order valence-electron chi connectivity index (χ4n) is 1.21. The van der Waals surface area contributed by atoms with E-state index >= 15 is 0 Å². The fraction of sp³-hybridized carbons (Fsp3) is 0.111. The Morgan fingerprint density at radius 2 is 2.15 bits per heavy atom. The van der Waals surface area contributed by atoms with Gasteiger partial charge in [0.2, 0.25) is 0 Å². The van der Waals surface area contributed by atoms with Crippen LogP contribution in [0.3, 0.4) is 0 Å². The first-order valence-electron chi connectivity index (χ1n) is 3.64. The van der Waals surface area contributed by atoms with E-state index in [9.17, 15) is 0 Å². The molecule has 13 heavy (non-hydrogen) atoms.